The highest BCUT2D eigenvalue weighted by Gasteiger charge is 2.41. The van der Waals surface area contributed by atoms with Gasteiger partial charge >= 0.3 is 17.9 Å². The molecule has 44 heavy (non-hydrogen) atoms. The van der Waals surface area contributed by atoms with Crippen LogP contribution in [-0.2, 0) is 14.4 Å². The summed E-state index contributed by atoms with van der Waals surface area (Å²) in [5, 5.41) is 44.2. The molecule has 0 amide bonds. The van der Waals surface area contributed by atoms with E-state index in [1.165, 1.54) is 0 Å². The summed E-state index contributed by atoms with van der Waals surface area (Å²) in [6.07, 6.45) is 1.41. The summed E-state index contributed by atoms with van der Waals surface area (Å²) >= 11 is 0. The van der Waals surface area contributed by atoms with Crippen molar-refractivity contribution in [2.24, 2.45) is 4.99 Å². The van der Waals surface area contributed by atoms with E-state index in [1.807, 2.05) is 38.1 Å². The number of hydrogen-bond acceptors (Lipinski definition) is 12. The van der Waals surface area contributed by atoms with E-state index in [2.05, 4.69) is 9.97 Å². The number of aliphatic hydroxyl groups excluding tert-OH is 1. The van der Waals surface area contributed by atoms with Gasteiger partial charge in [0.15, 0.2) is 17.1 Å². The van der Waals surface area contributed by atoms with Gasteiger partial charge in [0.05, 0.1) is 57.1 Å². The molecule has 0 spiro atoms. The third-order valence-electron chi connectivity index (χ3n) is 7.25. The van der Waals surface area contributed by atoms with Crippen LogP contribution in [0.15, 0.2) is 23.3 Å². The molecule has 240 valence electrons. The minimum atomic E-state index is -2.74. The normalized spacial score (nSPS) is 18.8. The Hall–Kier alpha value is -4.50. The molecule has 5 N–H and O–H groups in total. The fourth-order valence-corrected chi connectivity index (χ4v) is 5.19. The van der Waals surface area contributed by atoms with Crippen LogP contribution < -0.4 is 19.1 Å². The Morgan fingerprint density at radius 1 is 1.00 bits per heavy atom. The van der Waals surface area contributed by atoms with Crippen LogP contribution in [-0.4, -0.2) is 112 Å². The first-order chi connectivity index (χ1) is 20.7. The lowest BCUT2D eigenvalue weighted by Gasteiger charge is -2.37. The molecule has 1 fully saturated rings. The number of anilines is 1. The Balaban J connectivity index is 0.000000345. The molecule has 0 saturated heterocycles. The van der Waals surface area contributed by atoms with Crippen molar-refractivity contribution in [3.05, 3.63) is 35.0 Å². The van der Waals surface area contributed by atoms with Gasteiger partial charge in [-0.15, -0.1) is 0 Å². The van der Waals surface area contributed by atoms with E-state index in [4.69, 9.17) is 39.6 Å². The van der Waals surface area contributed by atoms with Crippen LogP contribution in [0, 0.1) is 0 Å². The highest BCUT2D eigenvalue weighted by atomic mass is 16.5. The van der Waals surface area contributed by atoms with Gasteiger partial charge in [-0.25, -0.2) is 9.78 Å². The first-order valence-electron chi connectivity index (χ1n) is 13.8. The molecule has 2 heterocycles. The zero-order valence-corrected chi connectivity index (χ0v) is 25.2. The van der Waals surface area contributed by atoms with Gasteiger partial charge in [-0.3, -0.25) is 14.6 Å². The second-order valence-electron chi connectivity index (χ2n) is 10.6. The number of carboxylic acids is 3. The first-order valence-corrected chi connectivity index (χ1v) is 13.8. The average molecular weight is 619 g/mol. The molecule has 0 unspecified atom stereocenters. The molecule has 2 aromatic rings. The first kappa shape index (κ1) is 34.0. The minimum absolute atomic E-state index is 0.0759. The molecule has 2 aliphatic rings. The fourth-order valence-electron chi connectivity index (χ4n) is 5.19. The second-order valence-corrected chi connectivity index (χ2v) is 10.6. The molecular weight excluding hydrogens is 580 g/mol. The minimum Gasteiger partial charge on any atom is -0.493 e. The number of hydrogen-bond donors (Lipinski definition) is 5. The number of ether oxygens (including phenoxy) is 3. The lowest BCUT2D eigenvalue weighted by atomic mass is 9.74. The van der Waals surface area contributed by atoms with Crippen molar-refractivity contribution in [3.8, 4) is 17.4 Å². The maximum atomic E-state index is 10.3. The predicted molar refractivity (Wildman–Crippen MR) is 156 cm³/mol. The van der Waals surface area contributed by atoms with Crippen LogP contribution >= 0.6 is 0 Å². The predicted octanol–water partition coefficient (Wildman–Crippen LogP) is 1.56. The van der Waals surface area contributed by atoms with E-state index in [-0.39, 0.29) is 18.1 Å². The van der Waals surface area contributed by atoms with Gasteiger partial charge in [0.1, 0.15) is 0 Å². The summed E-state index contributed by atoms with van der Waals surface area (Å²) in [6.45, 7) is 2.49. The Kier molecular flexibility index (Phi) is 11.1. The molecule has 1 aromatic heterocycles. The fraction of sp³-hybridized carbons (Fsp3) is 0.517. The molecule has 0 bridgehead atoms. The molecule has 1 saturated carbocycles. The molecule has 0 radical (unpaired) electrons. The van der Waals surface area contributed by atoms with Gasteiger partial charge in [0, 0.05) is 31.8 Å². The van der Waals surface area contributed by atoms with Crippen molar-refractivity contribution in [3.63, 3.8) is 0 Å². The van der Waals surface area contributed by atoms with Crippen LogP contribution in [0.4, 0.5) is 5.95 Å². The third-order valence-corrected chi connectivity index (χ3v) is 7.25. The van der Waals surface area contributed by atoms with E-state index < -0.39 is 36.4 Å². The van der Waals surface area contributed by atoms with Crippen molar-refractivity contribution in [2.75, 3.05) is 39.8 Å². The van der Waals surface area contributed by atoms with Crippen molar-refractivity contribution >= 4 is 29.6 Å². The highest BCUT2D eigenvalue weighted by molar-refractivity contribution is 6.16. The molecule has 15 heteroatoms. The van der Waals surface area contributed by atoms with E-state index in [9.17, 15) is 19.5 Å². The molecule has 15 nitrogen and oxygen atoms in total. The van der Waals surface area contributed by atoms with Crippen molar-refractivity contribution in [1.82, 2.24) is 9.97 Å². The number of aromatic nitrogens is 2. The zero-order valence-electron chi connectivity index (χ0n) is 25.2. The van der Waals surface area contributed by atoms with Gasteiger partial charge < -0.3 is 44.6 Å². The molecule has 3 atom stereocenters. The summed E-state index contributed by atoms with van der Waals surface area (Å²) in [6, 6.07) is 4.09. The van der Waals surface area contributed by atoms with Gasteiger partial charge in [-0.1, -0.05) is 0 Å². The molecule has 4 rings (SSSR count). The topological polar surface area (TPSA) is 221 Å². The standard InChI is InChI=1S/C23H30N4O4.C6H8O7/c1-6-31-20-10-14-15-9-13(28)7-8-18(15)25-21(16(14)11-19(20)29-4)17-12-24-23(27(2)3)26-22(17)30-5;7-3(8)1-6(13,5(11)12)2-4(9)10/h10-13,15,18,28H,6-9H2,1-5H3;13H,1-2H2,(H,7,8)(H,9,10)(H,11,12)/t13-,15-,18-;/m1./s1. The second kappa shape index (κ2) is 14.3. The smallest absolute Gasteiger partial charge is 0.336 e. The largest absolute Gasteiger partial charge is 0.493 e. The summed E-state index contributed by atoms with van der Waals surface area (Å²) in [7, 11) is 7.01. The van der Waals surface area contributed by atoms with Crippen LogP contribution in [0.3, 0.4) is 0 Å². The number of aliphatic carboxylic acids is 3. The van der Waals surface area contributed by atoms with Crippen LogP contribution in [0.2, 0.25) is 0 Å². The Bertz CT molecular complexity index is 1400. The number of methoxy groups -OCH3 is 2. The molecule has 1 aromatic carbocycles. The van der Waals surface area contributed by atoms with Crippen LogP contribution in [0.5, 0.6) is 17.4 Å². The summed E-state index contributed by atoms with van der Waals surface area (Å²) in [5.74, 6) is -2.50. The Labute approximate surface area is 253 Å². The van der Waals surface area contributed by atoms with E-state index >= 15 is 0 Å². The van der Waals surface area contributed by atoms with E-state index in [1.54, 1.807) is 20.4 Å². The lowest BCUT2D eigenvalue weighted by Crippen LogP contribution is -2.42. The van der Waals surface area contributed by atoms with Gasteiger partial charge in [0.2, 0.25) is 11.8 Å². The summed E-state index contributed by atoms with van der Waals surface area (Å²) in [5.41, 5.74) is 0.839. The number of aliphatic imine (C=N–C) groups is 1. The van der Waals surface area contributed by atoms with Crippen LogP contribution in [0.25, 0.3) is 0 Å². The summed E-state index contributed by atoms with van der Waals surface area (Å²) < 4.78 is 17.1. The monoisotopic (exact) mass is 618 g/mol. The van der Waals surface area contributed by atoms with Crippen LogP contribution in [0.1, 0.15) is 61.6 Å². The SMILES string of the molecule is CCOc1cc2c(cc1OC)C(c1cnc(N(C)C)nc1OC)=N[C@@H]1CC[C@@H](O)C[C@H]21.O=C(O)CC(O)(CC(=O)O)C(=O)O. The number of aliphatic hydroxyl groups is 2. The van der Waals surface area contributed by atoms with Crippen molar-refractivity contribution in [1.29, 1.82) is 0 Å². The number of carboxylic acid groups (broad SMARTS) is 3. The number of fused-ring (bicyclic) bond motifs is 3. The van der Waals surface area contributed by atoms with E-state index in [0.717, 1.165) is 35.2 Å². The molecule has 1 aliphatic heterocycles. The highest BCUT2D eigenvalue weighted by Crippen LogP contribution is 2.45. The van der Waals surface area contributed by atoms with Gasteiger partial charge in [-0.2, -0.15) is 4.98 Å². The average Bonchev–Trinajstić information content (AvgIpc) is 2.95. The van der Waals surface area contributed by atoms with Gasteiger partial charge in [0.25, 0.3) is 0 Å². The zero-order chi connectivity index (χ0) is 32.8. The maximum absolute atomic E-state index is 10.3. The number of nitrogens with zero attached hydrogens (tertiary/aromatic N) is 4. The van der Waals surface area contributed by atoms with Gasteiger partial charge in [-0.05, 0) is 43.9 Å². The molecular formula is C29H38N4O11. The third kappa shape index (κ3) is 7.71. The van der Waals surface area contributed by atoms with Crippen molar-refractivity contribution in [2.45, 2.75) is 62.7 Å². The number of carbonyl (C=O) groups is 3. The Morgan fingerprint density at radius 2 is 1.66 bits per heavy atom. The van der Waals surface area contributed by atoms with E-state index in [0.29, 0.717) is 36.4 Å². The maximum Gasteiger partial charge on any atom is 0.336 e. The van der Waals surface area contributed by atoms with Crippen molar-refractivity contribution < 1.29 is 54.1 Å². The quantitative estimate of drug-likeness (QED) is 0.241. The molecule has 1 aliphatic carbocycles. The number of benzene rings is 1. The summed E-state index contributed by atoms with van der Waals surface area (Å²) in [4.78, 5) is 46.5. The lowest BCUT2D eigenvalue weighted by molar-refractivity contribution is -0.170. The number of rotatable bonds is 11. The Morgan fingerprint density at radius 3 is 2.18 bits per heavy atom.